The van der Waals surface area contributed by atoms with Gasteiger partial charge in [-0.3, -0.25) is 9.69 Å². The number of ketones is 1. The van der Waals surface area contributed by atoms with E-state index in [9.17, 15) is 4.79 Å². The fourth-order valence-electron chi connectivity index (χ4n) is 7.29. The van der Waals surface area contributed by atoms with Crippen LogP contribution in [0.1, 0.15) is 25.3 Å². The average molecular weight is 336 g/mol. The van der Waals surface area contributed by atoms with E-state index < -0.39 is 0 Å². The third kappa shape index (κ3) is 1.31. The Balaban J connectivity index is 1.62. The van der Waals surface area contributed by atoms with Crippen molar-refractivity contribution >= 4 is 11.5 Å². The summed E-state index contributed by atoms with van der Waals surface area (Å²) >= 11 is 0. The van der Waals surface area contributed by atoms with Gasteiger partial charge >= 0.3 is 0 Å². The molecule has 5 aliphatic heterocycles. The molecule has 4 heteroatoms. The van der Waals surface area contributed by atoms with Crippen molar-refractivity contribution in [3.63, 3.8) is 0 Å². The number of para-hydroxylation sites is 1. The van der Waals surface area contributed by atoms with E-state index in [1.165, 1.54) is 11.1 Å². The summed E-state index contributed by atoms with van der Waals surface area (Å²) in [5, 5.41) is 0. The van der Waals surface area contributed by atoms with Crippen molar-refractivity contribution in [3.8, 4) is 5.75 Å². The summed E-state index contributed by atoms with van der Waals surface area (Å²) in [6.07, 6.45) is 4.40. The summed E-state index contributed by atoms with van der Waals surface area (Å²) < 4.78 is 5.67. The smallest absolute Gasteiger partial charge is 0.150 e. The molecule has 25 heavy (non-hydrogen) atoms. The second-order valence-electron chi connectivity index (χ2n) is 8.49. The molecule has 1 aromatic rings. The van der Waals surface area contributed by atoms with E-state index >= 15 is 0 Å². The molecular formula is C21H24N2O2. The monoisotopic (exact) mass is 336 g/mol. The average Bonchev–Trinajstić information content (AvgIpc) is 3.04. The van der Waals surface area contributed by atoms with Crippen molar-refractivity contribution in [2.24, 2.45) is 11.8 Å². The van der Waals surface area contributed by atoms with Crippen LogP contribution in [-0.4, -0.2) is 49.5 Å². The molecule has 1 saturated carbocycles. The Kier molecular flexibility index (Phi) is 2.47. The highest BCUT2D eigenvalue weighted by Crippen LogP contribution is 2.67. The lowest BCUT2D eigenvalue weighted by Crippen LogP contribution is -2.68. The van der Waals surface area contributed by atoms with Gasteiger partial charge in [0.05, 0.1) is 24.3 Å². The number of fused-ring (bicyclic) bond motifs is 2. The zero-order valence-electron chi connectivity index (χ0n) is 15.0. The van der Waals surface area contributed by atoms with Gasteiger partial charge in [-0.2, -0.15) is 0 Å². The van der Waals surface area contributed by atoms with E-state index in [4.69, 9.17) is 4.74 Å². The number of methoxy groups -OCH3 is 1. The van der Waals surface area contributed by atoms with Crippen molar-refractivity contribution < 1.29 is 9.53 Å². The maximum absolute atomic E-state index is 13.9. The maximum Gasteiger partial charge on any atom is 0.150 e. The highest BCUT2D eigenvalue weighted by molar-refractivity contribution is 6.02. The topological polar surface area (TPSA) is 32.8 Å². The summed E-state index contributed by atoms with van der Waals surface area (Å²) in [7, 11) is 3.91. The Morgan fingerprint density at radius 2 is 2.16 bits per heavy atom. The number of hydrogen-bond donors (Lipinski definition) is 0. The molecule has 7 rings (SSSR count). The van der Waals surface area contributed by atoms with Crippen molar-refractivity contribution in [3.05, 3.63) is 35.4 Å². The van der Waals surface area contributed by atoms with Crippen LogP contribution in [0.25, 0.3) is 0 Å². The summed E-state index contributed by atoms with van der Waals surface area (Å²) in [4.78, 5) is 18.9. The van der Waals surface area contributed by atoms with Crippen molar-refractivity contribution in [2.45, 2.75) is 43.3 Å². The van der Waals surface area contributed by atoms with Gasteiger partial charge in [0, 0.05) is 31.6 Å². The van der Waals surface area contributed by atoms with Crippen LogP contribution in [0, 0.1) is 11.8 Å². The Bertz CT molecular complexity index is 846. The number of nitrogens with zero attached hydrogens (tertiary/aromatic N) is 2. The molecule has 5 fully saturated rings. The van der Waals surface area contributed by atoms with Gasteiger partial charge in [0.15, 0.2) is 5.78 Å². The van der Waals surface area contributed by atoms with Gasteiger partial charge in [-0.15, -0.1) is 0 Å². The molecule has 5 heterocycles. The van der Waals surface area contributed by atoms with Gasteiger partial charge < -0.3 is 9.64 Å². The van der Waals surface area contributed by atoms with E-state index in [1.807, 2.05) is 6.07 Å². The SMILES string of the molecule is CC=C1CN2[C@H]3C[C@]45C(=O)[C@H]3[C@H]1C[C@H]2[C@H]4N(C)c1c(OC)cccc15. The molecule has 6 aliphatic rings. The Morgan fingerprint density at radius 1 is 1.32 bits per heavy atom. The first-order valence-electron chi connectivity index (χ1n) is 9.49. The number of rotatable bonds is 1. The van der Waals surface area contributed by atoms with Crippen LogP contribution in [0.15, 0.2) is 29.8 Å². The third-order valence-corrected chi connectivity index (χ3v) is 8.02. The molecule has 1 aliphatic carbocycles. The van der Waals surface area contributed by atoms with E-state index in [0.29, 0.717) is 23.8 Å². The minimum atomic E-state index is -0.312. The van der Waals surface area contributed by atoms with Gasteiger partial charge in [0.2, 0.25) is 0 Å². The molecule has 0 N–H and O–H groups in total. The van der Waals surface area contributed by atoms with Crippen LogP contribution in [0.4, 0.5) is 5.69 Å². The molecule has 1 aromatic carbocycles. The first-order chi connectivity index (χ1) is 12.1. The summed E-state index contributed by atoms with van der Waals surface area (Å²) in [6.45, 7) is 3.20. The number of hydrogen-bond acceptors (Lipinski definition) is 4. The molecule has 4 saturated heterocycles. The lowest BCUT2D eigenvalue weighted by Gasteiger charge is -2.58. The maximum atomic E-state index is 13.9. The van der Waals surface area contributed by atoms with Crippen LogP contribution >= 0.6 is 0 Å². The lowest BCUT2D eigenvalue weighted by atomic mass is 9.65. The van der Waals surface area contributed by atoms with Crippen LogP contribution in [0.5, 0.6) is 5.75 Å². The minimum Gasteiger partial charge on any atom is -0.495 e. The summed E-state index contributed by atoms with van der Waals surface area (Å²) in [6, 6.07) is 7.47. The number of piperidine rings is 4. The largest absolute Gasteiger partial charge is 0.495 e. The van der Waals surface area contributed by atoms with E-state index in [-0.39, 0.29) is 17.4 Å². The lowest BCUT2D eigenvalue weighted by molar-refractivity contribution is -0.126. The number of allylic oxidation sites excluding steroid dienone is 1. The minimum absolute atomic E-state index is 0.201. The number of benzene rings is 1. The zero-order valence-corrected chi connectivity index (χ0v) is 15.0. The molecule has 1 spiro atoms. The number of anilines is 1. The number of Topliss-reactive ketones (excluding diaryl/α,β-unsaturated/α-hetero) is 1. The Labute approximate surface area is 148 Å². The first-order valence-corrected chi connectivity index (χ1v) is 9.49. The zero-order chi connectivity index (χ0) is 17.1. The van der Waals surface area contributed by atoms with E-state index in [2.05, 4.69) is 42.0 Å². The molecule has 130 valence electrons. The number of carbonyl (C=O) groups excluding carboxylic acids is 1. The van der Waals surface area contributed by atoms with Crippen molar-refractivity contribution in [2.75, 3.05) is 25.6 Å². The van der Waals surface area contributed by atoms with E-state index in [0.717, 1.165) is 30.8 Å². The molecule has 0 amide bonds. The molecule has 0 aromatic heterocycles. The first kappa shape index (κ1) is 14.4. The fourth-order valence-corrected chi connectivity index (χ4v) is 7.29. The molecule has 4 nitrogen and oxygen atoms in total. The fraction of sp³-hybridized carbons (Fsp3) is 0.571. The summed E-state index contributed by atoms with van der Waals surface area (Å²) in [5.74, 6) is 2.09. The van der Waals surface area contributed by atoms with Crippen LogP contribution in [-0.2, 0) is 10.2 Å². The number of ether oxygens (including phenoxy) is 1. The Hall–Kier alpha value is -1.81. The molecule has 5 bridgehead atoms. The molecule has 7 atom stereocenters. The number of likely N-dealkylation sites (N-methyl/N-ethyl adjacent to an activating group) is 1. The number of carbonyl (C=O) groups is 1. The Morgan fingerprint density at radius 3 is 2.92 bits per heavy atom. The van der Waals surface area contributed by atoms with Gasteiger partial charge in [-0.25, -0.2) is 0 Å². The molecule has 0 radical (unpaired) electrons. The van der Waals surface area contributed by atoms with E-state index in [1.54, 1.807) is 7.11 Å². The molecular weight excluding hydrogens is 312 g/mol. The standard InChI is InChI=1S/C21H24N2O2/c1-4-11-10-23-14-8-12(11)17-15(23)9-21(20(17)24)13-6-5-7-16(25-3)18(13)22(2)19(14)21/h4-7,12,14-15,17,19H,8-10H2,1-3H3/t12-,14-,15-,17-,19+,21+/m0/s1. The molecule has 1 unspecified atom stereocenters. The highest BCUT2D eigenvalue weighted by Gasteiger charge is 2.74. The second-order valence-corrected chi connectivity index (χ2v) is 8.49. The van der Waals surface area contributed by atoms with Gasteiger partial charge in [0.25, 0.3) is 0 Å². The van der Waals surface area contributed by atoms with Crippen molar-refractivity contribution in [1.29, 1.82) is 0 Å². The predicted molar refractivity (Wildman–Crippen MR) is 96.1 cm³/mol. The highest BCUT2D eigenvalue weighted by atomic mass is 16.5. The normalized spacial score (nSPS) is 46.8. The predicted octanol–water partition coefficient (Wildman–Crippen LogP) is 2.37. The van der Waals surface area contributed by atoms with Crippen molar-refractivity contribution in [1.82, 2.24) is 4.90 Å². The van der Waals surface area contributed by atoms with Gasteiger partial charge in [0.1, 0.15) is 5.75 Å². The van der Waals surface area contributed by atoms with Gasteiger partial charge in [-0.1, -0.05) is 23.8 Å². The quantitative estimate of drug-likeness (QED) is 0.737. The van der Waals surface area contributed by atoms with Crippen LogP contribution in [0.2, 0.25) is 0 Å². The summed E-state index contributed by atoms with van der Waals surface area (Å²) in [5.41, 5.74) is 3.56. The van der Waals surface area contributed by atoms with Crippen LogP contribution < -0.4 is 9.64 Å². The second kappa shape index (κ2) is 4.29. The van der Waals surface area contributed by atoms with Crippen LogP contribution in [0.3, 0.4) is 0 Å². The van der Waals surface area contributed by atoms with Gasteiger partial charge in [-0.05, 0) is 37.3 Å². The third-order valence-electron chi connectivity index (χ3n) is 8.02.